The van der Waals surface area contributed by atoms with Crippen molar-refractivity contribution in [2.24, 2.45) is 0 Å². The Morgan fingerprint density at radius 3 is 2.16 bits per heavy atom. The number of hydrogen-bond donors (Lipinski definition) is 1. The third-order valence-electron chi connectivity index (χ3n) is 3.85. The van der Waals surface area contributed by atoms with Crippen LogP contribution in [0.1, 0.15) is 31.1 Å². The van der Waals surface area contributed by atoms with Gasteiger partial charge in [-0.3, -0.25) is 14.9 Å². The van der Waals surface area contributed by atoms with Gasteiger partial charge in [-0.25, -0.2) is 4.79 Å². The minimum Gasteiger partial charge on any atom is -0.490 e. The Labute approximate surface area is 179 Å². The van der Waals surface area contributed by atoms with Gasteiger partial charge in [0.2, 0.25) is 0 Å². The Kier molecular flexibility index (Phi) is 8.62. The van der Waals surface area contributed by atoms with Crippen molar-refractivity contribution in [2.75, 3.05) is 31.7 Å². The molecule has 0 fully saturated rings. The van der Waals surface area contributed by atoms with Gasteiger partial charge in [-0.1, -0.05) is 0 Å². The number of esters is 1. The number of anilines is 1. The summed E-state index contributed by atoms with van der Waals surface area (Å²) < 4.78 is 21.1. The molecule has 0 aliphatic rings. The lowest BCUT2D eigenvalue weighted by Gasteiger charge is -2.13. The second kappa shape index (κ2) is 11.4. The Morgan fingerprint density at radius 1 is 0.903 bits per heavy atom. The maximum atomic E-state index is 12.2. The molecule has 166 valence electrons. The molecule has 0 aliphatic carbocycles. The Bertz CT molecular complexity index is 945. The largest absolute Gasteiger partial charge is 0.490 e. The number of hydrogen-bond acceptors (Lipinski definition) is 8. The van der Waals surface area contributed by atoms with E-state index in [1.165, 1.54) is 12.1 Å². The molecule has 0 heterocycles. The summed E-state index contributed by atoms with van der Waals surface area (Å²) in [5.41, 5.74) is 0.00547. The molecule has 0 atom stereocenters. The van der Waals surface area contributed by atoms with Crippen LogP contribution in [-0.4, -0.2) is 43.2 Å². The number of nitrogens with one attached hydrogen (secondary N) is 1. The van der Waals surface area contributed by atoms with Crippen LogP contribution in [0, 0.1) is 10.1 Å². The first-order valence-corrected chi connectivity index (χ1v) is 9.67. The van der Waals surface area contributed by atoms with Gasteiger partial charge in [0.15, 0.2) is 23.9 Å². The smallest absolute Gasteiger partial charge is 0.338 e. The fraction of sp³-hybridized carbons (Fsp3) is 0.333. The predicted octanol–water partition coefficient (Wildman–Crippen LogP) is 3.59. The van der Waals surface area contributed by atoms with Crippen molar-refractivity contribution in [2.45, 2.75) is 20.8 Å². The van der Waals surface area contributed by atoms with E-state index in [0.717, 1.165) is 6.07 Å². The van der Waals surface area contributed by atoms with E-state index in [1.54, 1.807) is 25.1 Å². The maximum absolute atomic E-state index is 12.2. The van der Waals surface area contributed by atoms with Crippen molar-refractivity contribution in [3.05, 3.63) is 52.1 Å². The summed E-state index contributed by atoms with van der Waals surface area (Å²) in [6, 6.07) is 8.58. The Morgan fingerprint density at radius 2 is 1.52 bits per heavy atom. The molecule has 1 amide bonds. The normalized spacial score (nSPS) is 10.2. The molecule has 2 rings (SSSR count). The fourth-order valence-electron chi connectivity index (χ4n) is 2.60. The third kappa shape index (κ3) is 6.59. The van der Waals surface area contributed by atoms with Crippen molar-refractivity contribution in [1.29, 1.82) is 0 Å². The van der Waals surface area contributed by atoms with Gasteiger partial charge in [-0.15, -0.1) is 0 Å². The molecule has 0 saturated heterocycles. The molecular weight excluding hydrogens is 408 g/mol. The number of ether oxygens (including phenoxy) is 4. The van der Waals surface area contributed by atoms with E-state index in [1.807, 2.05) is 13.8 Å². The van der Waals surface area contributed by atoms with Gasteiger partial charge in [0.1, 0.15) is 0 Å². The van der Waals surface area contributed by atoms with Crippen LogP contribution in [0.5, 0.6) is 17.2 Å². The molecule has 0 bridgehead atoms. The van der Waals surface area contributed by atoms with Crippen molar-refractivity contribution < 1.29 is 33.5 Å². The lowest BCUT2D eigenvalue weighted by molar-refractivity contribution is -0.385. The van der Waals surface area contributed by atoms with E-state index in [4.69, 9.17) is 18.9 Å². The molecule has 10 nitrogen and oxygen atoms in total. The van der Waals surface area contributed by atoms with Gasteiger partial charge in [-0.05, 0) is 45.0 Å². The van der Waals surface area contributed by atoms with E-state index in [-0.39, 0.29) is 23.6 Å². The molecule has 0 saturated carbocycles. The average Bonchev–Trinajstić information content (AvgIpc) is 2.74. The lowest BCUT2D eigenvalue weighted by atomic mass is 10.2. The number of carbonyl (C=O) groups is 2. The molecule has 0 aromatic heterocycles. The molecule has 0 radical (unpaired) electrons. The Hall–Kier alpha value is -3.82. The first-order valence-electron chi connectivity index (χ1n) is 9.67. The van der Waals surface area contributed by atoms with Gasteiger partial charge >= 0.3 is 11.7 Å². The average molecular weight is 432 g/mol. The highest BCUT2D eigenvalue weighted by molar-refractivity contribution is 5.96. The zero-order valence-electron chi connectivity index (χ0n) is 17.5. The zero-order valence-corrected chi connectivity index (χ0v) is 17.5. The fourth-order valence-corrected chi connectivity index (χ4v) is 2.60. The van der Waals surface area contributed by atoms with Gasteiger partial charge in [0.05, 0.1) is 30.3 Å². The highest BCUT2D eigenvalue weighted by atomic mass is 16.6. The number of carbonyl (C=O) groups excluding carboxylic acids is 2. The second-order valence-corrected chi connectivity index (χ2v) is 6.02. The van der Waals surface area contributed by atoms with E-state index >= 15 is 0 Å². The highest BCUT2D eigenvalue weighted by Crippen LogP contribution is 2.31. The van der Waals surface area contributed by atoms with Crippen LogP contribution >= 0.6 is 0 Å². The quantitative estimate of drug-likeness (QED) is 0.324. The van der Waals surface area contributed by atoms with Crippen LogP contribution < -0.4 is 19.5 Å². The van der Waals surface area contributed by atoms with Gasteiger partial charge in [0.25, 0.3) is 5.91 Å². The standard InChI is InChI=1S/C21H24N2O8/c1-4-28-17-9-7-14(11-16(17)23(26)27)21(25)31-13-20(24)22-15-8-10-18(29-5-2)19(12-15)30-6-3/h7-12H,4-6,13H2,1-3H3,(H,22,24). The number of nitro benzene ring substituents is 1. The van der Waals surface area contributed by atoms with E-state index in [2.05, 4.69) is 5.32 Å². The van der Waals surface area contributed by atoms with Crippen LogP contribution in [-0.2, 0) is 9.53 Å². The van der Waals surface area contributed by atoms with Gasteiger partial charge in [-0.2, -0.15) is 0 Å². The number of nitrogens with zero attached hydrogens (tertiary/aromatic N) is 1. The molecule has 31 heavy (non-hydrogen) atoms. The number of benzene rings is 2. The summed E-state index contributed by atoms with van der Waals surface area (Å²) in [6.07, 6.45) is 0. The maximum Gasteiger partial charge on any atom is 0.338 e. The topological polar surface area (TPSA) is 126 Å². The first-order chi connectivity index (χ1) is 14.9. The van der Waals surface area contributed by atoms with Crippen LogP contribution in [0.4, 0.5) is 11.4 Å². The minimum absolute atomic E-state index is 0.0439. The highest BCUT2D eigenvalue weighted by Gasteiger charge is 2.20. The third-order valence-corrected chi connectivity index (χ3v) is 3.85. The number of nitro groups is 1. The lowest BCUT2D eigenvalue weighted by Crippen LogP contribution is -2.21. The van der Waals surface area contributed by atoms with E-state index in [0.29, 0.717) is 30.4 Å². The zero-order chi connectivity index (χ0) is 22.8. The van der Waals surface area contributed by atoms with E-state index < -0.39 is 23.4 Å². The molecule has 10 heteroatoms. The van der Waals surface area contributed by atoms with Crippen LogP contribution in [0.3, 0.4) is 0 Å². The molecule has 0 aliphatic heterocycles. The summed E-state index contributed by atoms with van der Waals surface area (Å²) in [7, 11) is 0. The monoisotopic (exact) mass is 432 g/mol. The van der Waals surface area contributed by atoms with Gasteiger partial charge < -0.3 is 24.3 Å². The minimum atomic E-state index is -0.872. The molecule has 1 N–H and O–H groups in total. The SMILES string of the molecule is CCOc1ccc(NC(=O)COC(=O)c2ccc(OCC)c([N+](=O)[O-])c2)cc1OCC. The van der Waals surface area contributed by atoms with Crippen LogP contribution in [0.25, 0.3) is 0 Å². The summed E-state index contributed by atoms with van der Waals surface area (Å²) in [5, 5.41) is 13.8. The molecule has 2 aromatic rings. The summed E-state index contributed by atoms with van der Waals surface area (Å²) >= 11 is 0. The second-order valence-electron chi connectivity index (χ2n) is 6.02. The molecule has 0 spiro atoms. The van der Waals surface area contributed by atoms with Crippen LogP contribution in [0.15, 0.2) is 36.4 Å². The predicted molar refractivity (Wildman–Crippen MR) is 112 cm³/mol. The molecule has 0 unspecified atom stereocenters. The number of rotatable bonds is 11. The van der Waals surface area contributed by atoms with Gasteiger partial charge in [0, 0.05) is 17.8 Å². The van der Waals surface area contributed by atoms with Crippen molar-refractivity contribution in [1.82, 2.24) is 0 Å². The molecular formula is C21H24N2O8. The van der Waals surface area contributed by atoms with Crippen molar-refractivity contribution in [3.63, 3.8) is 0 Å². The van der Waals surface area contributed by atoms with Crippen molar-refractivity contribution >= 4 is 23.3 Å². The van der Waals surface area contributed by atoms with Crippen molar-refractivity contribution in [3.8, 4) is 17.2 Å². The summed E-state index contributed by atoms with van der Waals surface area (Å²) in [4.78, 5) is 34.9. The van der Waals surface area contributed by atoms with Crippen LogP contribution in [0.2, 0.25) is 0 Å². The summed E-state index contributed by atoms with van der Waals surface area (Å²) in [5.74, 6) is -0.391. The van der Waals surface area contributed by atoms with E-state index in [9.17, 15) is 19.7 Å². The molecule has 2 aromatic carbocycles. The summed E-state index contributed by atoms with van der Waals surface area (Å²) in [6.45, 7) is 5.91. The number of amides is 1. The Balaban J connectivity index is 2.01. The first kappa shape index (κ1) is 23.5.